The van der Waals surface area contributed by atoms with Gasteiger partial charge in [0.2, 0.25) is 0 Å². The van der Waals surface area contributed by atoms with Gasteiger partial charge in [0.15, 0.2) is 0 Å². The van der Waals surface area contributed by atoms with Gasteiger partial charge < -0.3 is 15.2 Å². The van der Waals surface area contributed by atoms with E-state index in [1.807, 2.05) is 12.1 Å². The zero-order valence-corrected chi connectivity index (χ0v) is 14.3. The Balaban J connectivity index is 1.88. The van der Waals surface area contributed by atoms with Crippen molar-refractivity contribution in [2.24, 2.45) is 5.73 Å². The van der Waals surface area contributed by atoms with Crippen molar-refractivity contribution in [3.05, 3.63) is 59.2 Å². The molecule has 2 rings (SSSR count). The normalized spacial score (nSPS) is 12.0. The van der Waals surface area contributed by atoms with Crippen molar-refractivity contribution in [3.8, 4) is 11.5 Å². The summed E-state index contributed by atoms with van der Waals surface area (Å²) in [5.74, 6) is 2.23. The van der Waals surface area contributed by atoms with Crippen LogP contribution >= 0.6 is 0 Å². The number of benzene rings is 2. The first-order valence-electron chi connectivity index (χ1n) is 8.18. The van der Waals surface area contributed by atoms with E-state index in [-0.39, 0.29) is 0 Å². The molecule has 3 heteroatoms. The van der Waals surface area contributed by atoms with Gasteiger partial charge in [-0.05, 0) is 68.0 Å². The first-order valence-corrected chi connectivity index (χ1v) is 8.18. The second-order valence-corrected chi connectivity index (χ2v) is 5.92. The molecule has 23 heavy (non-hydrogen) atoms. The molecule has 1 atom stereocenters. The molecule has 0 aliphatic heterocycles. The fourth-order valence-corrected chi connectivity index (χ4v) is 2.85. The highest BCUT2D eigenvalue weighted by atomic mass is 16.5. The van der Waals surface area contributed by atoms with Gasteiger partial charge in [0.25, 0.3) is 0 Å². The zero-order chi connectivity index (χ0) is 16.7. The molecule has 2 N–H and O–H groups in total. The second kappa shape index (κ2) is 8.59. The van der Waals surface area contributed by atoms with Crippen LogP contribution in [0.2, 0.25) is 0 Å². The van der Waals surface area contributed by atoms with Crippen LogP contribution in [0.1, 0.15) is 35.4 Å². The Morgan fingerprint density at radius 3 is 2.39 bits per heavy atom. The van der Waals surface area contributed by atoms with E-state index in [1.165, 1.54) is 16.7 Å². The minimum absolute atomic E-state index is 0.340. The van der Waals surface area contributed by atoms with Crippen LogP contribution in [-0.4, -0.2) is 20.3 Å². The Labute approximate surface area is 139 Å². The summed E-state index contributed by atoms with van der Waals surface area (Å²) in [6.45, 7) is 5.52. The minimum atomic E-state index is 0.340. The lowest BCUT2D eigenvalue weighted by Gasteiger charge is -2.17. The Morgan fingerprint density at radius 2 is 1.74 bits per heavy atom. The summed E-state index contributed by atoms with van der Waals surface area (Å²) in [6.07, 6.45) is 1.99. The minimum Gasteiger partial charge on any atom is -0.497 e. The van der Waals surface area contributed by atoms with E-state index in [4.69, 9.17) is 15.2 Å². The van der Waals surface area contributed by atoms with Crippen LogP contribution in [-0.2, 0) is 0 Å². The van der Waals surface area contributed by atoms with Gasteiger partial charge in [-0.15, -0.1) is 0 Å². The Hall–Kier alpha value is -2.00. The third kappa shape index (κ3) is 4.73. The molecular weight excluding hydrogens is 286 g/mol. The number of para-hydroxylation sites is 1. The van der Waals surface area contributed by atoms with Crippen molar-refractivity contribution in [1.29, 1.82) is 0 Å². The molecule has 0 bridgehead atoms. The SMILES string of the molecule is COc1cccc(C(CN)CCCOc2c(C)cccc2C)c1. The fraction of sp³-hybridized carbons (Fsp3) is 0.400. The van der Waals surface area contributed by atoms with E-state index in [2.05, 4.69) is 44.2 Å². The standard InChI is InChI=1S/C20H27NO2/c1-15-7-4-8-16(2)20(15)23-12-6-10-18(14-21)17-9-5-11-19(13-17)22-3/h4-5,7-9,11,13,18H,6,10,12,14,21H2,1-3H3. The highest BCUT2D eigenvalue weighted by Gasteiger charge is 2.11. The monoisotopic (exact) mass is 313 g/mol. The van der Waals surface area contributed by atoms with Crippen LogP contribution in [0.15, 0.2) is 42.5 Å². The number of rotatable bonds is 8. The molecule has 2 aromatic carbocycles. The quantitative estimate of drug-likeness (QED) is 0.742. The maximum Gasteiger partial charge on any atom is 0.125 e. The van der Waals surface area contributed by atoms with Crippen molar-refractivity contribution in [2.75, 3.05) is 20.3 Å². The number of methoxy groups -OCH3 is 1. The van der Waals surface area contributed by atoms with Crippen LogP contribution < -0.4 is 15.2 Å². The number of hydrogen-bond acceptors (Lipinski definition) is 3. The largest absolute Gasteiger partial charge is 0.497 e. The highest BCUT2D eigenvalue weighted by molar-refractivity contribution is 5.39. The molecule has 0 saturated heterocycles. The van der Waals surface area contributed by atoms with Crippen molar-refractivity contribution < 1.29 is 9.47 Å². The van der Waals surface area contributed by atoms with E-state index < -0.39 is 0 Å². The molecule has 0 fully saturated rings. The second-order valence-electron chi connectivity index (χ2n) is 5.92. The van der Waals surface area contributed by atoms with Gasteiger partial charge in [-0.1, -0.05) is 30.3 Å². The molecule has 0 aliphatic carbocycles. The molecule has 0 amide bonds. The third-order valence-corrected chi connectivity index (χ3v) is 4.20. The lowest BCUT2D eigenvalue weighted by atomic mass is 9.94. The summed E-state index contributed by atoms with van der Waals surface area (Å²) < 4.78 is 11.3. The Kier molecular flexibility index (Phi) is 6.48. The lowest BCUT2D eigenvalue weighted by Crippen LogP contribution is -2.14. The molecule has 124 valence electrons. The van der Waals surface area contributed by atoms with E-state index in [9.17, 15) is 0 Å². The van der Waals surface area contributed by atoms with Crippen molar-refractivity contribution >= 4 is 0 Å². The van der Waals surface area contributed by atoms with Gasteiger partial charge in [-0.3, -0.25) is 0 Å². The molecule has 0 heterocycles. The first kappa shape index (κ1) is 17.4. The molecule has 0 aromatic heterocycles. The molecule has 3 nitrogen and oxygen atoms in total. The molecule has 0 spiro atoms. The summed E-state index contributed by atoms with van der Waals surface area (Å²) in [5, 5.41) is 0. The maximum atomic E-state index is 5.98. The van der Waals surface area contributed by atoms with Crippen LogP contribution in [0, 0.1) is 13.8 Å². The fourth-order valence-electron chi connectivity index (χ4n) is 2.85. The van der Waals surface area contributed by atoms with Crippen LogP contribution in [0.5, 0.6) is 11.5 Å². The predicted octanol–water partition coefficient (Wildman–Crippen LogP) is 4.21. The van der Waals surface area contributed by atoms with Gasteiger partial charge >= 0.3 is 0 Å². The van der Waals surface area contributed by atoms with Crippen molar-refractivity contribution in [3.63, 3.8) is 0 Å². The lowest BCUT2D eigenvalue weighted by molar-refractivity contribution is 0.298. The molecule has 0 aliphatic rings. The highest BCUT2D eigenvalue weighted by Crippen LogP contribution is 2.25. The zero-order valence-electron chi connectivity index (χ0n) is 14.3. The van der Waals surface area contributed by atoms with E-state index in [0.717, 1.165) is 24.3 Å². The van der Waals surface area contributed by atoms with Gasteiger partial charge in [0, 0.05) is 0 Å². The Morgan fingerprint density at radius 1 is 1.04 bits per heavy atom. The molecule has 2 aromatic rings. The molecule has 1 unspecified atom stereocenters. The van der Waals surface area contributed by atoms with Crippen LogP contribution in [0.3, 0.4) is 0 Å². The van der Waals surface area contributed by atoms with E-state index in [0.29, 0.717) is 19.1 Å². The van der Waals surface area contributed by atoms with Gasteiger partial charge in [-0.2, -0.15) is 0 Å². The number of aryl methyl sites for hydroxylation is 2. The summed E-state index contributed by atoms with van der Waals surface area (Å²) in [7, 11) is 1.69. The topological polar surface area (TPSA) is 44.5 Å². The number of nitrogens with two attached hydrogens (primary N) is 1. The van der Waals surface area contributed by atoms with Crippen LogP contribution in [0.4, 0.5) is 0 Å². The van der Waals surface area contributed by atoms with Gasteiger partial charge in [-0.25, -0.2) is 0 Å². The third-order valence-electron chi connectivity index (χ3n) is 4.20. The summed E-state index contributed by atoms with van der Waals surface area (Å²) in [6, 6.07) is 14.4. The summed E-state index contributed by atoms with van der Waals surface area (Å²) in [4.78, 5) is 0. The number of hydrogen-bond donors (Lipinski definition) is 1. The predicted molar refractivity (Wildman–Crippen MR) is 95.4 cm³/mol. The van der Waals surface area contributed by atoms with E-state index >= 15 is 0 Å². The smallest absolute Gasteiger partial charge is 0.125 e. The average Bonchev–Trinajstić information content (AvgIpc) is 2.57. The molecular formula is C20H27NO2. The first-order chi connectivity index (χ1) is 11.2. The van der Waals surface area contributed by atoms with Gasteiger partial charge in [0.1, 0.15) is 11.5 Å². The van der Waals surface area contributed by atoms with Crippen molar-refractivity contribution in [1.82, 2.24) is 0 Å². The summed E-state index contributed by atoms with van der Waals surface area (Å²) >= 11 is 0. The molecule has 0 saturated carbocycles. The van der Waals surface area contributed by atoms with E-state index in [1.54, 1.807) is 7.11 Å². The van der Waals surface area contributed by atoms with Gasteiger partial charge in [0.05, 0.1) is 13.7 Å². The van der Waals surface area contributed by atoms with Crippen molar-refractivity contribution in [2.45, 2.75) is 32.6 Å². The number of ether oxygens (including phenoxy) is 2. The maximum absolute atomic E-state index is 5.98. The average molecular weight is 313 g/mol. The van der Waals surface area contributed by atoms with Crippen LogP contribution in [0.25, 0.3) is 0 Å². The summed E-state index contributed by atoms with van der Waals surface area (Å²) in [5.41, 5.74) is 9.57. The molecule has 0 radical (unpaired) electrons. The Bertz CT molecular complexity index is 605.